The Labute approximate surface area is 115 Å². The number of halogens is 1. The van der Waals surface area contributed by atoms with Crippen molar-refractivity contribution >= 4 is 23.2 Å². The van der Waals surface area contributed by atoms with Gasteiger partial charge in [0.1, 0.15) is 5.82 Å². The Kier molecular flexibility index (Phi) is 4.10. The van der Waals surface area contributed by atoms with Gasteiger partial charge in [-0.05, 0) is 48.9 Å². The van der Waals surface area contributed by atoms with Crippen LogP contribution in [0.25, 0.3) is 0 Å². The molecule has 0 spiro atoms. The average molecular weight is 272 g/mol. The molecule has 0 aliphatic rings. The van der Waals surface area contributed by atoms with Crippen LogP contribution in [0.15, 0.2) is 48.5 Å². The van der Waals surface area contributed by atoms with Crippen molar-refractivity contribution in [2.45, 2.75) is 6.92 Å². The van der Waals surface area contributed by atoms with Crippen molar-refractivity contribution < 1.29 is 14.0 Å². The monoisotopic (exact) mass is 272 g/mol. The van der Waals surface area contributed by atoms with E-state index in [-0.39, 0.29) is 0 Å². The molecule has 102 valence electrons. The Morgan fingerprint density at radius 1 is 0.900 bits per heavy atom. The minimum Gasteiger partial charge on any atom is -0.318 e. The van der Waals surface area contributed by atoms with Crippen LogP contribution in [0.2, 0.25) is 0 Å². The van der Waals surface area contributed by atoms with Crippen molar-refractivity contribution in [2.24, 2.45) is 0 Å². The molecular formula is C15H13FN2O2. The number of benzene rings is 2. The Morgan fingerprint density at radius 3 is 2.10 bits per heavy atom. The Hall–Kier alpha value is -2.69. The number of hydrogen-bond acceptors (Lipinski definition) is 2. The fraction of sp³-hybridized carbons (Fsp3) is 0.0667. The first-order chi connectivity index (χ1) is 9.54. The van der Waals surface area contributed by atoms with Crippen LogP contribution in [-0.2, 0) is 9.59 Å². The van der Waals surface area contributed by atoms with Crippen molar-refractivity contribution in [3.8, 4) is 0 Å². The van der Waals surface area contributed by atoms with E-state index >= 15 is 0 Å². The minimum absolute atomic E-state index is 0.357. The first-order valence-electron chi connectivity index (χ1n) is 5.99. The molecule has 4 nitrogen and oxygen atoms in total. The molecule has 2 N–H and O–H groups in total. The molecule has 0 saturated heterocycles. The van der Waals surface area contributed by atoms with Crippen LogP contribution < -0.4 is 10.6 Å². The molecule has 0 heterocycles. The van der Waals surface area contributed by atoms with E-state index in [0.29, 0.717) is 11.4 Å². The van der Waals surface area contributed by atoms with Gasteiger partial charge < -0.3 is 10.6 Å². The van der Waals surface area contributed by atoms with E-state index in [1.165, 1.54) is 24.3 Å². The second-order valence-electron chi connectivity index (χ2n) is 4.28. The van der Waals surface area contributed by atoms with Gasteiger partial charge in [-0.25, -0.2) is 4.39 Å². The van der Waals surface area contributed by atoms with E-state index in [1.807, 2.05) is 13.0 Å². The van der Waals surface area contributed by atoms with Gasteiger partial charge in [0.05, 0.1) is 0 Å². The van der Waals surface area contributed by atoms with Crippen molar-refractivity contribution in [3.63, 3.8) is 0 Å². The zero-order valence-corrected chi connectivity index (χ0v) is 10.8. The number of carbonyl (C=O) groups excluding carboxylic acids is 2. The lowest BCUT2D eigenvalue weighted by Crippen LogP contribution is -2.29. The molecule has 20 heavy (non-hydrogen) atoms. The van der Waals surface area contributed by atoms with Crippen molar-refractivity contribution in [3.05, 3.63) is 59.9 Å². The van der Waals surface area contributed by atoms with Gasteiger partial charge in [-0.15, -0.1) is 0 Å². The predicted molar refractivity (Wildman–Crippen MR) is 74.8 cm³/mol. The molecule has 2 rings (SSSR count). The van der Waals surface area contributed by atoms with Gasteiger partial charge in [0, 0.05) is 11.4 Å². The van der Waals surface area contributed by atoms with E-state index in [1.54, 1.807) is 18.2 Å². The lowest BCUT2D eigenvalue weighted by molar-refractivity contribution is -0.132. The lowest BCUT2D eigenvalue weighted by Gasteiger charge is -2.07. The van der Waals surface area contributed by atoms with Crippen LogP contribution in [0.5, 0.6) is 0 Å². The predicted octanol–water partition coefficient (Wildman–Crippen LogP) is 2.71. The summed E-state index contributed by atoms with van der Waals surface area (Å²) in [5.74, 6) is -2.00. The number of carbonyl (C=O) groups is 2. The van der Waals surface area contributed by atoms with Crippen molar-refractivity contribution in [1.29, 1.82) is 0 Å². The van der Waals surface area contributed by atoms with Gasteiger partial charge in [-0.3, -0.25) is 9.59 Å². The van der Waals surface area contributed by atoms with Gasteiger partial charge in [-0.1, -0.05) is 12.1 Å². The van der Waals surface area contributed by atoms with Crippen molar-refractivity contribution in [1.82, 2.24) is 0 Å². The van der Waals surface area contributed by atoms with E-state index in [9.17, 15) is 14.0 Å². The van der Waals surface area contributed by atoms with Crippen LogP contribution >= 0.6 is 0 Å². The average Bonchev–Trinajstić information content (AvgIpc) is 2.41. The normalized spacial score (nSPS) is 9.90. The first-order valence-corrected chi connectivity index (χ1v) is 5.99. The smallest absolute Gasteiger partial charge is 0.314 e. The van der Waals surface area contributed by atoms with Crippen LogP contribution in [-0.4, -0.2) is 11.8 Å². The molecular weight excluding hydrogens is 259 g/mol. The van der Waals surface area contributed by atoms with Gasteiger partial charge in [-0.2, -0.15) is 0 Å². The topological polar surface area (TPSA) is 58.2 Å². The van der Waals surface area contributed by atoms with E-state index in [4.69, 9.17) is 0 Å². The van der Waals surface area contributed by atoms with Crippen LogP contribution in [0.3, 0.4) is 0 Å². The zero-order chi connectivity index (χ0) is 14.5. The summed E-state index contributed by atoms with van der Waals surface area (Å²) in [6, 6.07) is 12.3. The maximum absolute atomic E-state index is 12.7. The summed E-state index contributed by atoms with van der Waals surface area (Å²) in [6.45, 7) is 1.88. The molecule has 2 aromatic rings. The van der Waals surface area contributed by atoms with Gasteiger partial charge in [0.2, 0.25) is 0 Å². The molecule has 0 unspecified atom stereocenters. The third-order valence-electron chi connectivity index (χ3n) is 2.58. The Bertz CT molecular complexity index is 639. The summed E-state index contributed by atoms with van der Waals surface area (Å²) in [6.07, 6.45) is 0. The number of nitrogens with one attached hydrogen (secondary N) is 2. The SMILES string of the molecule is Cc1cccc(NC(=O)C(=O)Nc2ccc(F)cc2)c1. The van der Waals surface area contributed by atoms with E-state index in [0.717, 1.165) is 5.56 Å². The number of hydrogen-bond donors (Lipinski definition) is 2. The summed E-state index contributed by atoms with van der Waals surface area (Å²) < 4.78 is 12.7. The minimum atomic E-state index is -0.807. The largest absolute Gasteiger partial charge is 0.318 e. The molecule has 2 aromatic carbocycles. The summed E-state index contributed by atoms with van der Waals surface area (Å²) in [5.41, 5.74) is 1.88. The van der Waals surface area contributed by atoms with Crippen LogP contribution in [0.4, 0.5) is 15.8 Å². The second-order valence-corrected chi connectivity index (χ2v) is 4.28. The molecule has 0 atom stereocenters. The molecule has 0 radical (unpaired) electrons. The van der Waals surface area contributed by atoms with Gasteiger partial charge >= 0.3 is 11.8 Å². The number of aryl methyl sites for hydroxylation is 1. The van der Waals surface area contributed by atoms with E-state index in [2.05, 4.69) is 10.6 Å². The molecule has 0 fully saturated rings. The molecule has 5 heteroatoms. The molecule has 0 bridgehead atoms. The van der Waals surface area contributed by atoms with E-state index < -0.39 is 17.6 Å². The summed E-state index contributed by atoms with van der Waals surface area (Å²) in [5, 5.41) is 4.88. The third kappa shape index (κ3) is 3.65. The summed E-state index contributed by atoms with van der Waals surface area (Å²) in [4.78, 5) is 23.4. The molecule has 0 saturated carbocycles. The fourth-order valence-corrected chi connectivity index (χ4v) is 1.63. The Morgan fingerprint density at radius 2 is 1.50 bits per heavy atom. The standard InChI is InChI=1S/C15H13FN2O2/c1-10-3-2-4-13(9-10)18-15(20)14(19)17-12-7-5-11(16)6-8-12/h2-9H,1H3,(H,17,19)(H,18,20). The highest BCUT2D eigenvalue weighted by Gasteiger charge is 2.13. The molecule has 0 aliphatic heterocycles. The zero-order valence-electron chi connectivity index (χ0n) is 10.8. The number of amides is 2. The van der Waals surface area contributed by atoms with Crippen LogP contribution in [0, 0.1) is 12.7 Å². The lowest BCUT2D eigenvalue weighted by atomic mass is 10.2. The second kappa shape index (κ2) is 5.97. The fourth-order valence-electron chi connectivity index (χ4n) is 1.63. The summed E-state index contributed by atoms with van der Waals surface area (Å²) in [7, 11) is 0. The Balaban J connectivity index is 1.98. The highest BCUT2D eigenvalue weighted by molar-refractivity contribution is 6.43. The van der Waals surface area contributed by atoms with Crippen molar-refractivity contribution in [2.75, 3.05) is 10.6 Å². The third-order valence-corrected chi connectivity index (χ3v) is 2.58. The number of anilines is 2. The highest BCUT2D eigenvalue weighted by atomic mass is 19.1. The summed E-state index contributed by atoms with van der Waals surface area (Å²) >= 11 is 0. The quantitative estimate of drug-likeness (QED) is 0.826. The maximum Gasteiger partial charge on any atom is 0.314 e. The number of rotatable bonds is 2. The first kappa shape index (κ1) is 13.7. The molecule has 0 aliphatic carbocycles. The van der Waals surface area contributed by atoms with Gasteiger partial charge in [0.25, 0.3) is 0 Å². The van der Waals surface area contributed by atoms with Gasteiger partial charge in [0.15, 0.2) is 0 Å². The molecule has 0 aromatic heterocycles. The molecule has 2 amide bonds. The highest BCUT2D eigenvalue weighted by Crippen LogP contribution is 2.11. The maximum atomic E-state index is 12.7. The van der Waals surface area contributed by atoms with Crippen LogP contribution in [0.1, 0.15) is 5.56 Å².